The van der Waals surface area contributed by atoms with Crippen molar-refractivity contribution in [3.8, 4) is 16.9 Å². The molecule has 0 aliphatic carbocycles. The van der Waals surface area contributed by atoms with E-state index in [9.17, 15) is 13.2 Å². The number of benzene rings is 3. The molecule has 7 heteroatoms. The van der Waals surface area contributed by atoms with Gasteiger partial charge in [-0.1, -0.05) is 72.8 Å². The van der Waals surface area contributed by atoms with Gasteiger partial charge in [0, 0.05) is 12.6 Å². The Hall–Kier alpha value is -3.16. The van der Waals surface area contributed by atoms with Crippen LogP contribution in [0.4, 0.5) is 4.79 Å². The third kappa shape index (κ3) is 6.21. The predicted octanol–water partition coefficient (Wildman–Crippen LogP) is 4.48. The first-order chi connectivity index (χ1) is 15.9. The summed E-state index contributed by atoms with van der Waals surface area (Å²) in [6, 6.07) is 26.4. The van der Waals surface area contributed by atoms with Crippen molar-refractivity contribution in [2.45, 2.75) is 31.3 Å². The van der Waals surface area contributed by atoms with Crippen molar-refractivity contribution in [1.82, 2.24) is 9.62 Å². The minimum atomic E-state index is -3.44. The van der Waals surface area contributed by atoms with E-state index in [1.807, 2.05) is 42.5 Å². The number of rotatable bonds is 6. The minimum absolute atomic E-state index is 0.365. The summed E-state index contributed by atoms with van der Waals surface area (Å²) in [6.07, 6.45) is 2.55. The summed E-state index contributed by atoms with van der Waals surface area (Å²) in [5.41, 5.74) is 3.21. The smallest absolute Gasteiger partial charge is 0.410 e. The molecule has 0 spiro atoms. The fraction of sp³-hybridized carbons (Fsp3) is 0.269. The number of nitrogens with one attached hydrogen (secondary N) is 1. The third-order valence-corrected chi connectivity index (χ3v) is 6.54. The van der Waals surface area contributed by atoms with Crippen LogP contribution in [0.25, 0.3) is 11.1 Å². The summed E-state index contributed by atoms with van der Waals surface area (Å²) in [5.74, 6) is 0.463. The second-order valence-electron chi connectivity index (χ2n) is 8.35. The first-order valence-electron chi connectivity index (χ1n) is 11.0. The molecule has 0 unspecified atom stereocenters. The van der Waals surface area contributed by atoms with Gasteiger partial charge in [0.25, 0.3) is 0 Å². The van der Waals surface area contributed by atoms with E-state index < -0.39 is 22.2 Å². The second-order valence-corrected chi connectivity index (χ2v) is 10.1. The summed E-state index contributed by atoms with van der Waals surface area (Å²) >= 11 is 0. The number of ether oxygens (including phenoxy) is 1. The molecule has 6 nitrogen and oxygen atoms in total. The van der Waals surface area contributed by atoms with Crippen molar-refractivity contribution >= 4 is 16.1 Å². The van der Waals surface area contributed by atoms with E-state index in [1.54, 1.807) is 29.2 Å². The lowest BCUT2D eigenvalue weighted by atomic mass is 9.90. The summed E-state index contributed by atoms with van der Waals surface area (Å²) in [4.78, 5) is 14.8. The van der Waals surface area contributed by atoms with Crippen LogP contribution in [-0.2, 0) is 16.4 Å². The molecular weight excluding hydrogens is 436 g/mol. The topological polar surface area (TPSA) is 75.7 Å². The highest BCUT2D eigenvalue weighted by molar-refractivity contribution is 7.88. The fourth-order valence-corrected chi connectivity index (χ4v) is 5.17. The highest BCUT2D eigenvalue weighted by Crippen LogP contribution is 2.26. The first kappa shape index (κ1) is 23.0. The molecule has 1 aliphatic heterocycles. The molecule has 33 heavy (non-hydrogen) atoms. The molecule has 0 saturated carbocycles. The SMILES string of the molecule is CS(=O)(=O)N[C@H]1CCCN(C(=O)Oc2ccccc2)[C@H]1Cc1cccc(-c2ccccc2)c1. The van der Waals surface area contributed by atoms with Crippen LogP contribution < -0.4 is 9.46 Å². The Kier molecular flexibility index (Phi) is 7.11. The number of hydrogen-bond donors (Lipinski definition) is 1. The molecule has 1 heterocycles. The summed E-state index contributed by atoms with van der Waals surface area (Å²) in [7, 11) is -3.44. The van der Waals surface area contributed by atoms with E-state index in [2.05, 4.69) is 22.9 Å². The van der Waals surface area contributed by atoms with Gasteiger partial charge in [-0.15, -0.1) is 0 Å². The van der Waals surface area contributed by atoms with Gasteiger partial charge in [-0.2, -0.15) is 0 Å². The quantitative estimate of drug-likeness (QED) is 0.584. The second kappa shape index (κ2) is 10.2. The standard InChI is InChI=1S/C26H28N2O4S/c1-33(30,31)27-24-16-9-17-28(26(29)32-23-14-6-3-7-15-23)25(24)19-20-10-8-13-22(18-20)21-11-4-2-5-12-21/h2-8,10-15,18,24-25,27H,9,16-17,19H2,1H3/t24-,25-/m0/s1. The molecular formula is C26H28N2O4S. The highest BCUT2D eigenvalue weighted by Gasteiger charge is 2.37. The van der Waals surface area contributed by atoms with Crippen LogP contribution in [0.2, 0.25) is 0 Å². The maximum Gasteiger partial charge on any atom is 0.415 e. The van der Waals surface area contributed by atoms with Crippen LogP contribution in [0, 0.1) is 0 Å². The van der Waals surface area contributed by atoms with E-state index in [0.29, 0.717) is 31.6 Å². The summed E-state index contributed by atoms with van der Waals surface area (Å²) in [6.45, 7) is 0.511. The molecule has 0 aromatic heterocycles. The molecule has 1 N–H and O–H groups in total. The fourth-order valence-electron chi connectivity index (χ4n) is 4.35. The molecule has 1 fully saturated rings. The zero-order valence-electron chi connectivity index (χ0n) is 18.6. The van der Waals surface area contributed by atoms with Gasteiger partial charge in [0.15, 0.2) is 0 Å². The molecule has 3 aromatic rings. The maximum atomic E-state index is 13.1. The molecule has 1 amide bonds. The lowest BCUT2D eigenvalue weighted by Crippen LogP contribution is -2.58. The maximum absolute atomic E-state index is 13.1. The Morgan fingerprint density at radius 1 is 0.970 bits per heavy atom. The molecule has 2 atom stereocenters. The van der Waals surface area contributed by atoms with Gasteiger partial charge in [-0.3, -0.25) is 0 Å². The Labute approximate surface area is 195 Å². The van der Waals surface area contributed by atoms with E-state index in [4.69, 9.17) is 4.74 Å². The Bertz CT molecular complexity index is 1180. The van der Waals surface area contributed by atoms with E-state index in [-0.39, 0.29) is 6.04 Å². The number of likely N-dealkylation sites (tertiary alicyclic amines) is 1. The third-order valence-electron chi connectivity index (χ3n) is 5.81. The Morgan fingerprint density at radius 3 is 2.33 bits per heavy atom. The molecule has 4 rings (SSSR count). The Morgan fingerprint density at radius 2 is 1.64 bits per heavy atom. The molecule has 1 aliphatic rings. The molecule has 0 bridgehead atoms. The van der Waals surface area contributed by atoms with Crippen LogP contribution in [0.5, 0.6) is 5.75 Å². The number of carbonyl (C=O) groups excluding carboxylic acids is 1. The molecule has 0 radical (unpaired) electrons. The van der Waals surface area contributed by atoms with Crippen molar-refractivity contribution in [3.05, 3.63) is 90.5 Å². The summed E-state index contributed by atoms with van der Waals surface area (Å²) in [5, 5.41) is 0. The number of hydrogen-bond acceptors (Lipinski definition) is 4. The number of sulfonamides is 1. The average molecular weight is 465 g/mol. The number of para-hydroxylation sites is 1. The van der Waals surface area contributed by atoms with E-state index in [1.165, 1.54) is 0 Å². The zero-order chi connectivity index (χ0) is 23.3. The monoisotopic (exact) mass is 464 g/mol. The van der Waals surface area contributed by atoms with Crippen LogP contribution in [0.15, 0.2) is 84.9 Å². The largest absolute Gasteiger partial charge is 0.415 e. The van der Waals surface area contributed by atoms with E-state index in [0.717, 1.165) is 22.9 Å². The van der Waals surface area contributed by atoms with Crippen molar-refractivity contribution < 1.29 is 17.9 Å². The van der Waals surface area contributed by atoms with Gasteiger partial charge < -0.3 is 9.64 Å². The Balaban J connectivity index is 1.61. The minimum Gasteiger partial charge on any atom is -0.410 e. The van der Waals surface area contributed by atoms with Crippen molar-refractivity contribution in [2.75, 3.05) is 12.8 Å². The molecule has 172 valence electrons. The number of amides is 1. The predicted molar refractivity (Wildman–Crippen MR) is 130 cm³/mol. The average Bonchev–Trinajstić information content (AvgIpc) is 2.80. The number of carbonyl (C=O) groups is 1. The number of nitrogens with zero attached hydrogens (tertiary/aromatic N) is 1. The van der Waals surface area contributed by atoms with Crippen LogP contribution in [0.1, 0.15) is 18.4 Å². The van der Waals surface area contributed by atoms with Gasteiger partial charge in [0.1, 0.15) is 5.75 Å². The van der Waals surface area contributed by atoms with Gasteiger partial charge in [-0.25, -0.2) is 17.9 Å². The lowest BCUT2D eigenvalue weighted by molar-refractivity contribution is 0.0998. The van der Waals surface area contributed by atoms with Gasteiger partial charge in [0.05, 0.1) is 12.3 Å². The molecule has 3 aromatic carbocycles. The van der Waals surface area contributed by atoms with Crippen molar-refractivity contribution in [3.63, 3.8) is 0 Å². The number of piperidine rings is 1. The van der Waals surface area contributed by atoms with Crippen LogP contribution in [0.3, 0.4) is 0 Å². The molecule has 1 saturated heterocycles. The van der Waals surface area contributed by atoms with Gasteiger partial charge in [0.2, 0.25) is 10.0 Å². The zero-order valence-corrected chi connectivity index (χ0v) is 19.4. The van der Waals surface area contributed by atoms with E-state index >= 15 is 0 Å². The highest BCUT2D eigenvalue weighted by atomic mass is 32.2. The van der Waals surface area contributed by atoms with Crippen molar-refractivity contribution in [1.29, 1.82) is 0 Å². The first-order valence-corrected chi connectivity index (χ1v) is 12.9. The van der Waals surface area contributed by atoms with Crippen LogP contribution in [-0.4, -0.2) is 44.3 Å². The van der Waals surface area contributed by atoms with Gasteiger partial charge >= 0.3 is 6.09 Å². The summed E-state index contributed by atoms with van der Waals surface area (Å²) < 4.78 is 32.5. The van der Waals surface area contributed by atoms with Gasteiger partial charge in [-0.05, 0) is 48.1 Å². The van der Waals surface area contributed by atoms with Crippen LogP contribution >= 0.6 is 0 Å². The normalized spacial score (nSPS) is 18.6. The van der Waals surface area contributed by atoms with Crippen molar-refractivity contribution in [2.24, 2.45) is 0 Å². The lowest BCUT2D eigenvalue weighted by Gasteiger charge is -2.40.